The van der Waals surface area contributed by atoms with Gasteiger partial charge in [-0.3, -0.25) is 4.79 Å². The van der Waals surface area contributed by atoms with E-state index >= 15 is 0 Å². The Hall–Kier alpha value is -2.03. The third kappa shape index (κ3) is 1.03. The molecule has 3 heteroatoms. The van der Waals surface area contributed by atoms with Crippen LogP contribution in [0, 0.1) is 6.92 Å². The van der Waals surface area contributed by atoms with E-state index in [0.29, 0.717) is 5.69 Å². The van der Waals surface area contributed by atoms with Gasteiger partial charge < -0.3 is 9.97 Å². The van der Waals surface area contributed by atoms with Gasteiger partial charge in [-0.15, -0.1) is 0 Å². The lowest BCUT2D eigenvalue weighted by molar-refractivity contribution is 0.112. The van der Waals surface area contributed by atoms with E-state index in [0.717, 1.165) is 28.2 Å². The van der Waals surface area contributed by atoms with Crippen LogP contribution in [-0.2, 0) is 0 Å². The van der Waals surface area contributed by atoms with Gasteiger partial charge >= 0.3 is 0 Å². The maximum Gasteiger partial charge on any atom is 0.166 e. The number of benzene rings is 1. The van der Waals surface area contributed by atoms with Gasteiger partial charge in [-0.05, 0) is 18.6 Å². The van der Waals surface area contributed by atoms with Crippen LogP contribution in [0.2, 0.25) is 0 Å². The average molecular weight is 198 g/mol. The van der Waals surface area contributed by atoms with Crippen molar-refractivity contribution >= 4 is 28.2 Å². The number of para-hydroxylation sites is 1. The monoisotopic (exact) mass is 198 g/mol. The van der Waals surface area contributed by atoms with Crippen molar-refractivity contribution in [2.75, 3.05) is 0 Å². The zero-order valence-electron chi connectivity index (χ0n) is 8.29. The molecule has 0 aliphatic rings. The summed E-state index contributed by atoms with van der Waals surface area (Å²) in [7, 11) is 0. The number of nitrogens with one attached hydrogen (secondary N) is 2. The molecule has 0 saturated heterocycles. The van der Waals surface area contributed by atoms with Crippen LogP contribution in [0.25, 0.3) is 21.9 Å². The molecule has 0 radical (unpaired) electrons. The van der Waals surface area contributed by atoms with Crippen molar-refractivity contribution in [1.82, 2.24) is 9.97 Å². The number of H-pyrrole nitrogens is 2. The summed E-state index contributed by atoms with van der Waals surface area (Å²) in [6.45, 7) is 2.07. The maximum atomic E-state index is 10.6. The molecule has 1 aromatic carbocycles. The minimum atomic E-state index is 0.611. The Labute approximate surface area is 86.1 Å². The molecule has 0 spiro atoms. The van der Waals surface area contributed by atoms with Crippen LogP contribution in [0.3, 0.4) is 0 Å². The molecule has 3 rings (SSSR count). The highest BCUT2D eigenvalue weighted by molar-refractivity contribution is 6.08. The molecule has 2 aromatic heterocycles. The number of aryl methyl sites for hydroxylation is 1. The SMILES string of the molecule is Cc1cccc2c1[nH]c1[nH]c(C=O)cc12. The number of carbonyl (C=O) groups is 1. The van der Waals surface area contributed by atoms with E-state index in [9.17, 15) is 4.79 Å². The van der Waals surface area contributed by atoms with Gasteiger partial charge in [-0.1, -0.05) is 18.2 Å². The zero-order chi connectivity index (χ0) is 10.4. The number of rotatable bonds is 1. The Morgan fingerprint density at radius 2 is 2.07 bits per heavy atom. The van der Waals surface area contributed by atoms with Crippen molar-refractivity contribution in [3.8, 4) is 0 Å². The van der Waals surface area contributed by atoms with E-state index in [-0.39, 0.29) is 0 Å². The largest absolute Gasteiger partial charge is 0.341 e. The molecule has 0 aliphatic carbocycles. The van der Waals surface area contributed by atoms with Crippen LogP contribution >= 0.6 is 0 Å². The predicted octanol–water partition coefficient (Wildman–Crippen LogP) is 2.77. The molecule has 0 bridgehead atoms. The zero-order valence-corrected chi connectivity index (χ0v) is 8.29. The second-order valence-corrected chi connectivity index (χ2v) is 3.75. The third-order valence-electron chi connectivity index (χ3n) is 2.78. The summed E-state index contributed by atoms with van der Waals surface area (Å²) in [6, 6.07) is 8.03. The lowest BCUT2D eigenvalue weighted by Gasteiger charge is -1.93. The molecule has 0 aliphatic heterocycles. The average Bonchev–Trinajstić information content (AvgIpc) is 2.76. The first kappa shape index (κ1) is 8.29. The number of carbonyl (C=O) groups excluding carboxylic acids is 1. The first-order valence-electron chi connectivity index (χ1n) is 4.85. The molecule has 3 nitrogen and oxygen atoms in total. The summed E-state index contributed by atoms with van der Waals surface area (Å²) in [5.74, 6) is 0. The molecule has 0 atom stereocenters. The number of fused-ring (bicyclic) bond motifs is 3. The van der Waals surface area contributed by atoms with Gasteiger partial charge in [0.25, 0.3) is 0 Å². The van der Waals surface area contributed by atoms with Crippen molar-refractivity contribution < 1.29 is 4.79 Å². The van der Waals surface area contributed by atoms with E-state index in [2.05, 4.69) is 29.0 Å². The van der Waals surface area contributed by atoms with E-state index in [1.54, 1.807) is 0 Å². The molecule has 0 amide bonds. The Kier molecular flexibility index (Phi) is 1.51. The molecular weight excluding hydrogens is 188 g/mol. The first-order valence-corrected chi connectivity index (χ1v) is 4.85. The summed E-state index contributed by atoms with van der Waals surface area (Å²) in [6.07, 6.45) is 0.829. The third-order valence-corrected chi connectivity index (χ3v) is 2.78. The van der Waals surface area contributed by atoms with Crippen LogP contribution in [0.1, 0.15) is 16.1 Å². The minimum absolute atomic E-state index is 0.611. The minimum Gasteiger partial charge on any atom is -0.341 e. The number of hydrogen-bond donors (Lipinski definition) is 2. The van der Waals surface area contributed by atoms with Crippen molar-refractivity contribution in [3.05, 3.63) is 35.5 Å². The predicted molar refractivity (Wildman–Crippen MR) is 60.3 cm³/mol. The second-order valence-electron chi connectivity index (χ2n) is 3.75. The van der Waals surface area contributed by atoms with E-state index in [1.165, 1.54) is 5.56 Å². The van der Waals surface area contributed by atoms with Gasteiger partial charge in [-0.25, -0.2) is 0 Å². The molecule has 3 aromatic rings. The molecule has 15 heavy (non-hydrogen) atoms. The van der Waals surface area contributed by atoms with Crippen LogP contribution in [0.4, 0.5) is 0 Å². The standard InChI is InChI=1S/C12H10N2O/c1-7-3-2-4-9-10-5-8(6-15)13-12(10)14-11(7)9/h2-6,13-14H,1H3. The summed E-state index contributed by atoms with van der Waals surface area (Å²) < 4.78 is 0. The number of hydrogen-bond acceptors (Lipinski definition) is 1. The highest BCUT2D eigenvalue weighted by atomic mass is 16.1. The summed E-state index contributed by atoms with van der Waals surface area (Å²) >= 11 is 0. The van der Waals surface area contributed by atoms with Crippen molar-refractivity contribution in [1.29, 1.82) is 0 Å². The number of aldehydes is 1. The van der Waals surface area contributed by atoms with Gasteiger partial charge in [-0.2, -0.15) is 0 Å². The summed E-state index contributed by atoms with van der Waals surface area (Å²) in [4.78, 5) is 17.0. The van der Waals surface area contributed by atoms with Gasteiger partial charge in [0.15, 0.2) is 6.29 Å². The van der Waals surface area contributed by atoms with Gasteiger partial charge in [0.05, 0.1) is 11.2 Å². The normalized spacial score (nSPS) is 11.3. The molecule has 2 N–H and O–H groups in total. The van der Waals surface area contributed by atoms with Crippen molar-refractivity contribution in [3.63, 3.8) is 0 Å². The fourth-order valence-electron chi connectivity index (χ4n) is 2.03. The Bertz CT molecular complexity index is 661. The fraction of sp³-hybridized carbons (Fsp3) is 0.0833. The molecule has 74 valence electrons. The quantitative estimate of drug-likeness (QED) is 0.580. The molecule has 2 heterocycles. The van der Waals surface area contributed by atoms with Gasteiger partial charge in [0, 0.05) is 10.8 Å². The van der Waals surface area contributed by atoms with E-state index < -0.39 is 0 Å². The first-order chi connectivity index (χ1) is 7.29. The lowest BCUT2D eigenvalue weighted by atomic mass is 10.1. The second kappa shape index (κ2) is 2.73. The highest BCUT2D eigenvalue weighted by Gasteiger charge is 2.08. The maximum absolute atomic E-state index is 10.6. The summed E-state index contributed by atoms with van der Waals surface area (Å²) in [5, 5.41) is 2.24. The summed E-state index contributed by atoms with van der Waals surface area (Å²) in [5.41, 5.74) is 3.88. The van der Waals surface area contributed by atoms with Gasteiger partial charge in [0.2, 0.25) is 0 Å². The smallest absolute Gasteiger partial charge is 0.166 e. The Morgan fingerprint density at radius 1 is 1.20 bits per heavy atom. The molecule has 0 unspecified atom stereocenters. The number of aromatic amines is 2. The Morgan fingerprint density at radius 3 is 2.87 bits per heavy atom. The van der Waals surface area contributed by atoms with E-state index in [4.69, 9.17) is 0 Å². The van der Waals surface area contributed by atoms with Crippen LogP contribution in [0.15, 0.2) is 24.3 Å². The van der Waals surface area contributed by atoms with E-state index in [1.807, 2.05) is 12.1 Å². The molecular formula is C12H10N2O. The highest BCUT2D eigenvalue weighted by Crippen LogP contribution is 2.27. The molecule has 0 fully saturated rings. The van der Waals surface area contributed by atoms with Crippen LogP contribution in [0.5, 0.6) is 0 Å². The Balaban J connectivity index is 2.50. The van der Waals surface area contributed by atoms with Crippen molar-refractivity contribution in [2.24, 2.45) is 0 Å². The lowest BCUT2D eigenvalue weighted by Crippen LogP contribution is -1.78. The number of aromatic nitrogens is 2. The molecule has 0 saturated carbocycles. The topological polar surface area (TPSA) is 48.6 Å². The fourth-order valence-corrected chi connectivity index (χ4v) is 2.03. The van der Waals surface area contributed by atoms with Crippen molar-refractivity contribution in [2.45, 2.75) is 6.92 Å². The van der Waals surface area contributed by atoms with Crippen LogP contribution in [-0.4, -0.2) is 16.3 Å². The van der Waals surface area contributed by atoms with Gasteiger partial charge in [0.1, 0.15) is 5.65 Å². The van der Waals surface area contributed by atoms with Crippen LogP contribution < -0.4 is 0 Å².